The first-order chi connectivity index (χ1) is 11.7. The van der Waals surface area contributed by atoms with Crippen LogP contribution in [-0.2, 0) is 19.1 Å². The van der Waals surface area contributed by atoms with Gasteiger partial charge in [0.15, 0.2) is 0 Å². The van der Waals surface area contributed by atoms with Crippen molar-refractivity contribution in [2.75, 3.05) is 11.9 Å². The smallest absolute Gasteiger partial charge is 0.307 e. The highest BCUT2D eigenvalue weighted by Gasteiger charge is 2.21. The fourth-order valence-corrected chi connectivity index (χ4v) is 2.32. The second kappa shape index (κ2) is 9.81. The Balaban J connectivity index is 2.59. The number of esters is 1. The number of anilines is 1. The number of hydrogen-bond donors (Lipinski definition) is 2. The Morgan fingerprint density at radius 2 is 1.80 bits per heavy atom. The van der Waals surface area contributed by atoms with Gasteiger partial charge in [0.1, 0.15) is 6.42 Å². The van der Waals surface area contributed by atoms with E-state index < -0.39 is 5.91 Å². The fourth-order valence-electron chi connectivity index (χ4n) is 2.32. The van der Waals surface area contributed by atoms with E-state index >= 15 is 0 Å². The zero-order valence-corrected chi connectivity index (χ0v) is 15.6. The maximum atomic E-state index is 12.1. The third-order valence-electron chi connectivity index (χ3n) is 3.83. The minimum atomic E-state index is -0.411. The van der Waals surface area contributed by atoms with Crippen LogP contribution in [0.1, 0.15) is 44.7 Å². The predicted octanol–water partition coefficient (Wildman–Crippen LogP) is 2.73. The van der Waals surface area contributed by atoms with E-state index in [0.717, 1.165) is 11.1 Å². The zero-order valence-electron chi connectivity index (χ0n) is 15.6. The molecule has 0 bridgehead atoms. The topological polar surface area (TPSA) is 84.5 Å². The Labute approximate surface area is 149 Å². The number of ether oxygens (including phenoxy) is 1. The van der Waals surface area contributed by atoms with Gasteiger partial charge in [0, 0.05) is 11.7 Å². The molecule has 0 aliphatic heterocycles. The Bertz CT molecular complexity index is 626. The first kappa shape index (κ1) is 20.7. The quantitative estimate of drug-likeness (QED) is 0.559. The highest BCUT2D eigenvalue weighted by atomic mass is 16.5. The van der Waals surface area contributed by atoms with Crippen LogP contribution in [0.3, 0.4) is 0 Å². The summed E-state index contributed by atoms with van der Waals surface area (Å²) in [5, 5.41) is 5.50. The first-order valence-electron chi connectivity index (χ1n) is 8.55. The molecule has 0 aromatic heterocycles. The van der Waals surface area contributed by atoms with E-state index in [-0.39, 0.29) is 36.7 Å². The van der Waals surface area contributed by atoms with Gasteiger partial charge >= 0.3 is 5.97 Å². The van der Waals surface area contributed by atoms with Gasteiger partial charge in [0.25, 0.3) is 0 Å². The summed E-state index contributed by atoms with van der Waals surface area (Å²) in [6.45, 7) is 9.67. The zero-order chi connectivity index (χ0) is 19.0. The normalized spacial score (nSPS) is 11.8. The molecule has 6 heteroatoms. The highest BCUT2D eigenvalue weighted by Crippen LogP contribution is 2.16. The molecule has 25 heavy (non-hydrogen) atoms. The van der Waals surface area contributed by atoms with Gasteiger partial charge in [-0.2, -0.15) is 0 Å². The average molecular weight is 348 g/mol. The molecule has 1 rings (SSSR count). The Morgan fingerprint density at radius 3 is 2.40 bits per heavy atom. The molecule has 6 nitrogen and oxygen atoms in total. The number of hydrogen-bond acceptors (Lipinski definition) is 4. The highest BCUT2D eigenvalue weighted by molar-refractivity contribution is 6.04. The van der Waals surface area contributed by atoms with Gasteiger partial charge in [0.2, 0.25) is 11.8 Å². The van der Waals surface area contributed by atoms with Crippen LogP contribution in [0.25, 0.3) is 0 Å². The van der Waals surface area contributed by atoms with E-state index in [2.05, 4.69) is 10.6 Å². The van der Waals surface area contributed by atoms with E-state index in [4.69, 9.17) is 4.74 Å². The molecule has 2 amide bonds. The summed E-state index contributed by atoms with van der Waals surface area (Å²) in [6.07, 6.45) is -0.199. The van der Waals surface area contributed by atoms with Crippen LogP contribution < -0.4 is 10.6 Å². The molecule has 1 aromatic carbocycles. The van der Waals surface area contributed by atoms with Crippen LogP contribution in [0.5, 0.6) is 0 Å². The molecule has 0 radical (unpaired) electrons. The summed E-state index contributed by atoms with van der Waals surface area (Å²) in [5.41, 5.74) is 2.66. The fraction of sp³-hybridized carbons (Fsp3) is 0.526. The van der Waals surface area contributed by atoms with Crippen molar-refractivity contribution in [2.45, 2.75) is 53.5 Å². The lowest BCUT2D eigenvalue weighted by Crippen LogP contribution is -2.41. The van der Waals surface area contributed by atoms with E-state index in [0.29, 0.717) is 12.3 Å². The van der Waals surface area contributed by atoms with Crippen LogP contribution in [0.2, 0.25) is 0 Å². The summed E-state index contributed by atoms with van der Waals surface area (Å²) in [4.78, 5) is 35.8. The molecule has 0 aliphatic carbocycles. The second-order valence-electron chi connectivity index (χ2n) is 6.47. The van der Waals surface area contributed by atoms with Crippen molar-refractivity contribution in [2.24, 2.45) is 5.92 Å². The SMILES string of the molecule is CCOC(=O)C[C@@H](NC(=O)CC(=O)Nc1cc(C)ccc1C)C(C)C. The van der Waals surface area contributed by atoms with Gasteiger partial charge in [-0.05, 0) is 43.9 Å². The molecular formula is C19H28N2O4. The van der Waals surface area contributed by atoms with E-state index in [1.165, 1.54) is 0 Å². The maximum absolute atomic E-state index is 12.1. The van der Waals surface area contributed by atoms with Gasteiger partial charge in [-0.3, -0.25) is 14.4 Å². The van der Waals surface area contributed by atoms with E-state index in [9.17, 15) is 14.4 Å². The van der Waals surface area contributed by atoms with Crippen LogP contribution >= 0.6 is 0 Å². The summed E-state index contributed by atoms with van der Waals surface area (Å²) >= 11 is 0. The van der Waals surface area contributed by atoms with Crippen LogP contribution in [0.15, 0.2) is 18.2 Å². The second-order valence-corrected chi connectivity index (χ2v) is 6.47. The molecule has 0 spiro atoms. The minimum absolute atomic E-state index is 0.0513. The molecule has 1 aromatic rings. The predicted molar refractivity (Wildman–Crippen MR) is 97.2 cm³/mol. The largest absolute Gasteiger partial charge is 0.466 e. The lowest BCUT2D eigenvalue weighted by Gasteiger charge is -2.21. The lowest BCUT2D eigenvalue weighted by molar-refractivity contribution is -0.144. The van der Waals surface area contributed by atoms with Gasteiger partial charge in [-0.15, -0.1) is 0 Å². The summed E-state index contributed by atoms with van der Waals surface area (Å²) < 4.78 is 4.92. The standard InChI is InChI=1S/C19H28N2O4/c1-6-25-19(24)10-15(12(2)3)20-17(22)11-18(23)21-16-9-13(4)7-8-14(16)5/h7-9,12,15H,6,10-11H2,1-5H3,(H,20,22)(H,21,23)/t15-/m1/s1. The number of nitrogens with one attached hydrogen (secondary N) is 2. The summed E-state index contributed by atoms with van der Waals surface area (Å²) in [5.74, 6) is -1.10. The van der Waals surface area contributed by atoms with Crippen molar-refractivity contribution in [3.05, 3.63) is 29.3 Å². The first-order valence-corrected chi connectivity index (χ1v) is 8.55. The monoisotopic (exact) mass is 348 g/mol. The third kappa shape index (κ3) is 7.37. The van der Waals surface area contributed by atoms with Crippen molar-refractivity contribution in [3.63, 3.8) is 0 Å². The average Bonchev–Trinajstić information content (AvgIpc) is 2.50. The van der Waals surface area contributed by atoms with E-state index in [1.54, 1.807) is 6.92 Å². The minimum Gasteiger partial charge on any atom is -0.466 e. The number of carbonyl (C=O) groups is 3. The summed E-state index contributed by atoms with van der Waals surface area (Å²) in [7, 11) is 0. The number of aryl methyl sites for hydroxylation is 2. The molecule has 0 heterocycles. The molecular weight excluding hydrogens is 320 g/mol. The number of amides is 2. The van der Waals surface area contributed by atoms with Crippen molar-refractivity contribution in [3.8, 4) is 0 Å². The van der Waals surface area contributed by atoms with Gasteiger partial charge in [-0.1, -0.05) is 26.0 Å². The van der Waals surface area contributed by atoms with Crippen molar-refractivity contribution in [1.82, 2.24) is 5.32 Å². The molecule has 0 fully saturated rings. The Hall–Kier alpha value is -2.37. The Morgan fingerprint density at radius 1 is 1.12 bits per heavy atom. The number of rotatable bonds is 8. The van der Waals surface area contributed by atoms with Gasteiger partial charge in [0.05, 0.1) is 13.0 Å². The van der Waals surface area contributed by atoms with Crippen molar-refractivity contribution >= 4 is 23.5 Å². The van der Waals surface area contributed by atoms with Crippen LogP contribution in [0, 0.1) is 19.8 Å². The molecule has 1 atom stereocenters. The van der Waals surface area contributed by atoms with Crippen LogP contribution in [0.4, 0.5) is 5.69 Å². The molecule has 2 N–H and O–H groups in total. The van der Waals surface area contributed by atoms with Crippen molar-refractivity contribution in [1.29, 1.82) is 0 Å². The number of benzene rings is 1. The number of carbonyl (C=O) groups excluding carboxylic acids is 3. The molecule has 0 saturated carbocycles. The molecule has 0 aliphatic rings. The summed E-state index contributed by atoms with van der Waals surface area (Å²) in [6, 6.07) is 5.38. The van der Waals surface area contributed by atoms with Gasteiger partial charge in [-0.25, -0.2) is 0 Å². The molecule has 138 valence electrons. The molecule has 0 saturated heterocycles. The van der Waals surface area contributed by atoms with Crippen molar-refractivity contribution < 1.29 is 19.1 Å². The van der Waals surface area contributed by atoms with E-state index in [1.807, 2.05) is 45.9 Å². The third-order valence-corrected chi connectivity index (χ3v) is 3.83. The van der Waals surface area contributed by atoms with Gasteiger partial charge < -0.3 is 15.4 Å². The molecule has 0 unspecified atom stereocenters. The Kier molecular flexibility index (Phi) is 8.11. The lowest BCUT2D eigenvalue weighted by atomic mass is 10.0. The maximum Gasteiger partial charge on any atom is 0.307 e. The van der Waals surface area contributed by atoms with Crippen LogP contribution in [-0.4, -0.2) is 30.4 Å².